The lowest BCUT2D eigenvalue weighted by Crippen LogP contribution is -2.10. The molecule has 0 unspecified atom stereocenters. The summed E-state index contributed by atoms with van der Waals surface area (Å²) in [5, 5.41) is 1.35. The summed E-state index contributed by atoms with van der Waals surface area (Å²) in [4.78, 5) is 0. The maximum atomic E-state index is 3.58. The lowest BCUT2D eigenvalue weighted by molar-refractivity contribution is 0.363. The summed E-state index contributed by atoms with van der Waals surface area (Å²) >= 11 is 3.58. The molecule has 0 amide bonds. The Hall–Kier alpha value is -0.760. The average Bonchev–Trinajstić information content (AvgIpc) is 2.97. The summed E-state index contributed by atoms with van der Waals surface area (Å²) in [6.07, 6.45) is 16.1. The third-order valence-corrected chi connectivity index (χ3v) is 5.61. The van der Waals surface area contributed by atoms with Crippen LogP contribution in [-0.2, 0) is 6.54 Å². The van der Waals surface area contributed by atoms with Gasteiger partial charge in [0.15, 0.2) is 0 Å². The molecule has 1 aromatic heterocycles. The fraction of sp³-hybridized carbons (Fsp3) is 0.636. The highest BCUT2D eigenvalue weighted by Gasteiger charge is 2.11. The van der Waals surface area contributed by atoms with Crippen LogP contribution in [0.15, 0.2) is 34.9 Å². The van der Waals surface area contributed by atoms with Gasteiger partial charge in [0.25, 0.3) is 0 Å². The second-order valence-corrected chi connectivity index (χ2v) is 8.15. The molecule has 2 heteroatoms. The van der Waals surface area contributed by atoms with Crippen molar-refractivity contribution in [3.8, 4) is 0 Å². The average molecular weight is 392 g/mol. The van der Waals surface area contributed by atoms with Crippen LogP contribution in [0.1, 0.15) is 78.1 Å². The van der Waals surface area contributed by atoms with Gasteiger partial charge in [-0.1, -0.05) is 81.1 Å². The van der Waals surface area contributed by atoms with Crippen molar-refractivity contribution < 1.29 is 0 Å². The molecule has 0 N–H and O–H groups in total. The van der Waals surface area contributed by atoms with Crippen LogP contribution in [0.3, 0.4) is 0 Å². The van der Waals surface area contributed by atoms with Gasteiger partial charge in [0.2, 0.25) is 0 Å². The second kappa shape index (κ2) is 11.0. The van der Waals surface area contributed by atoms with Crippen molar-refractivity contribution in [2.45, 2.75) is 84.6 Å². The van der Waals surface area contributed by atoms with Crippen molar-refractivity contribution >= 4 is 26.8 Å². The molecule has 0 aliphatic heterocycles. The molecule has 0 saturated carbocycles. The first-order valence-electron chi connectivity index (χ1n) is 9.99. The highest BCUT2D eigenvalue weighted by atomic mass is 79.9. The Morgan fingerprint density at radius 2 is 1.54 bits per heavy atom. The van der Waals surface area contributed by atoms with Crippen LogP contribution in [-0.4, -0.2) is 4.57 Å². The van der Waals surface area contributed by atoms with Crippen LogP contribution in [0.25, 0.3) is 10.9 Å². The Morgan fingerprint density at radius 1 is 0.875 bits per heavy atom. The van der Waals surface area contributed by atoms with E-state index in [9.17, 15) is 0 Å². The molecule has 0 bridgehead atoms. The monoisotopic (exact) mass is 391 g/mol. The van der Waals surface area contributed by atoms with E-state index in [0.717, 1.165) is 5.92 Å². The maximum absolute atomic E-state index is 3.58. The molecule has 0 radical (unpaired) electrons. The maximum Gasteiger partial charge on any atom is 0.0481 e. The molecular formula is C22H34BrN. The summed E-state index contributed by atoms with van der Waals surface area (Å²) in [5.41, 5.74) is 1.38. The summed E-state index contributed by atoms with van der Waals surface area (Å²) < 4.78 is 3.65. The van der Waals surface area contributed by atoms with E-state index in [2.05, 4.69) is 64.8 Å². The third kappa shape index (κ3) is 6.27. The molecule has 2 aromatic rings. The van der Waals surface area contributed by atoms with Crippen molar-refractivity contribution in [2.75, 3.05) is 0 Å². The van der Waals surface area contributed by atoms with E-state index in [1.807, 2.05) is 0 Å². The quantitative estimate of drug-likeness (QED) is 0.323. The predicted octanol–water partition coefficient (Wildman–Crippen LogP) is 7.96. The fourth-order valence-corrected chi connectivity index (χ4v) is 4.03. The fourth-order valence-electron chi connectivity index (χ4n) is 3.65. The Morgan fingerprint density at radius 3 is 2.17 bits per heavy atom. The van der Waals surface area contributed by atoms with Gasteiger partial charge >= 0.3 is 0 Å². The van der Waals surface area contributed by atoms with Gasteiger partial charge in [-0.25, -0.2) is 0 Å². The van der Waals surface area contributed by atoms with Crippen LogP contribution in [0.2, 0.25) is 0 Å². The lowest BCUT2D eigenvalue weighted by atomic mass is 9.94. The number of rotatable bonds is 12. The van der Waals surface area contributed by atoms with Crippen LogP contribution < -0.4 is 0 Å². The minimum Gasteiger partial charge on any atom is -0.347 e. The number of aromatic nitrogens is 1. The van der Waals surface area contributed by atoms with E-state index in [1.54, 1.807) is 0 Å². The summed E-state index contributed by atoms with van der Waals surface area (Å²) in [6, 6.07) is 8.90. The van der Waals surface area contributed by atoms with Gasteiger partial charge in [-0.15, -0.1) is 0 Å². The second-order valence-electron chi connectivity index (χ2n) is 7.24. The van der Waals surface area contributed by atoms with Gasteiger partial charge in [-0.05, 0) is 43.0 Å². The topological polar surface area (TPSA) is 4.93 Å². The van der Waals surface area contributed by atoms with Crippen LogP contribution >= 0.6 is 15.9 Å². The van der Waals surface area contributed by atoms with Crippen molar-refractivity contribution in [3.05, 3.63) is 34.9 Å². The lowest BCUT2D eigenvalue weighted by Gasteiger charge is -2.18. The summed E-state index contributed by atoms with van der Waals surface area (Å²) in [7, 11) is 0. The first-order chi connectivity index (χ1) is 11.7. The van der Waals surface area contributed by atoms with Crippen molar-refractivity contribution in [1.82, 2.24) is 4.57 Å². The number of benzene rings is 1. The SMILES string of the molecule is CCCCCCC(CCCCCC)Cn1ccc2cc(Br)ccc21. The smallest absolute Gasteiger partial charge is 0.0481 e. The number of hydrogen-bond donors (Lipinski definition) is 0. The van der Waals surface area contributed by atoms with Crippen molar-refractivity contribution in [2.24, 2.45) is 5.92 Å². The largest absolute Gasteiger partial charge is 0.347 e. The molecule has 0 fully saturated rings. The molecule has 0 aliphatic carbocycles. The first kappa shape index (κ1) is 19.6. The van der Waals surface area contributed by atoms with Gasteiger partial charge in [0, 0.05) is 28.1 Å². The Bertz CT molecular complexity index is 575. The Kier molecular flexibility index (Phi) is 8.94. The molecule has 0 saturated heterocycles. The highest BCUT2D eigenvalue weighted by Crippen LogP contribution is 2.25. The summed E-state index contributed by atoms with van der Waals surface area (Å²) in [6.45, 7) is 5.78. The minimum absolute atomic E-state index is 0.831. The minimum atomic E-state index is 0.831. The Labute approximate surface area is 157 Å². The van der Waals surface area contributed by atoms with E-state index in [0.29, 0.717) is 0 Å². The van der Waals surface area contributed by atoms with Crippen LogP contribution in [0, 0.1) is 5.92 Å². The molecule has 24 heavy (non-hydrogen) atoms. The number of fused-ring (bicyclic) bond motifs is 1. The zero-order valence-electron chi connectivity index (χ0n) is 15.6. The molecule has 1 heterocycles. The van der Waals surface area contributed by atoms with E-state index in [4.69, 9.17) is 0 Å². The van der Waals surface area contributed by atoms with E-state index < -0.39 is 0 Å². The van der Waals surface area contributed by atoms with Crippen LogP contribution in [0.4, 0.5) is 0 Å². The van der Waals surface area contributed by atoms with Gasteiger partial charge in [-0.2, -0.15) is 0 Å². The summed E-state index contributed by atoms with van der Waals surface area (Å²) in [5.74, 6) is 0.831. The third-order valence-electron chi connectivity index (χ3n) is 5.12. The molecule has 1 nitrogen and oxygen atoms in total. The molecule has 0 atom stereocenters. The van der Waals surface area contributed by atoms with Crippen molar-refractivity contribution in [3.63, 3.8) is 0 Å². The predicted molar refractivity (Wildman–Crippen MR) is 111 cm³/mol. The van der Waals surface area contributed by atoms with E-state index in [-0.39, 0.29) is 0 Å². The van der Waals surface area contributed by atoms with Gasteiger partial charge in [-0.3, -0.25) is 0 Å². The zero-order valence-corrected chi connectivity index (χ0v) is 17.2. The molecule has 0 spiro atoms. The Balaban J connectivity index is 1.96. The van der Waals surface area contributed by atoms with Gasteiger partial charge in [0.05, 0.1) is 0 Å². The molecular weight excluding hydrogens is 358 g/mol. The van der Waals surface area contributed by atoms with E-state index in [1.165, 1.54) is 86.1 Å². The van der Waals surface area contributed by atoms with E-state index >= 15 is 0 Å². The first-order valence-corrected chi connectivity index (χ1v) is 10.8. The standard InChI is InChI=1S/C22H34BrN/c1-3-5-7-9-11-19(12-10-8-6-4-2)18-24-16-15-20-17-21(23)13-14-22(20)24/h13-17,19H,3-12,18H2,1-2H3. The zero-order chi connectivity index (χ0) is 17.2. The number of nitrogens with zero attached hydrogens (tertiary/aromatic N) is 1. The number of unbranched alkanes of at least 4 members (excludes halogenated alkanes) is 6. The number of halogens is 1. The normalized spacial score (nSPS) is 11.7. The molecule has 2 rings (SSSR count). The van der Waals surface area contributed by atoms with Crippen molar-refractivity contribution in [1.29, 1.82) is 0 Å². The van der Waals surface area contributed by atoms with Crippen LogP contribution in [0.5, 0.6) is 0 Å². The molecule has 134 valence electrons. The highest BCUT2D eigenvalue weighted by molar-refractivity contribution is 9.10. The molecule has 1 aromatic carbocycles. The molecule has 0 aliphatic rings. The van der Waals surface area contributed by atoms with Gasteiger partial charge in [0.1, 0.15) is 0 Å². The van der Waals surface area contributed by atoms with Gasteiger partial charge < -0.3 is 4.57 Å². The number of hydrogen-bond acceptors (Lipinski definition) is 0.